The van der Waals surface area contributed by atoms with Gasteiger partial charge in [0.2, 0.25) is 0 Å². The summed E-state index contributed by atoms with van der Waals surface area (Å²) >= 11 is 0. The van der Waals surface area contributed by atoms with Crippen molar-refractivity contribution in [3.63, 3.8) is 0 Å². The molecule has 0 saturated heterocycles. The van der Waals surface area contributed by atoms with Crippen LogP contribution in [0.3, 0.4) is 0 Å². The van der Waals surface area contributed by atoms with E-state index in [1.54, 1.807) is 23.0 Å². The summed E-state index contributed by atoms with van der Waals surface area (Å²) in [5, 5.41) is 17.1. The number of hydrogen-bond acceptors (Lipinski definition) is 5. The minimum absolute atomic E-state index is 0.0361. The predicted molar refractivity (Wildman–Crippen MR) is 94.4 cm³/mol. The van der Waals surface area contributed by atoms with Gasteiger partial charge in [0.25, 0.3) is 5.56 Å². The van der Waals surface area contributed by atoms with Crippen molar-refractivity contribution < 1.29 is 0 Å². The molecule has 0 unspecified atom stereocenters. The Balaban J connectivity index is 1.45. The number of aromatic nitrogens is 3. The van der Waals surface area contributed by atoms with Gasteiger partial charge in [0.05, 0.1) is 11.6 Å². The summed E-state index contributed by atoms with van der Waals surface area (Å²) in [5.41, 5.74) is 2.96. The van der Waals surface area contributed by atoms with E-state index in [1.165, 1.54) is 5.56 Å². The third-order valence-electron chi connectivity index (χ3n) is 5.30. The Labute approximate surface area is 146 Å². The van der Waals surface area contributed by atoms with Gasteiger partial charge in [-0.25, -0.2) is 9.67 Å². The van der Waals surface area contributed by atoms with E-state index in [0.29, 0.717) is 5.56 Å². The van der Waals surface area contributed by atoms with Crippen LogP contribution in [-0.4, -0.2) is 20.8 Å². The Bertz CT molecular complexity index is 874. The van der Waals surface area contributed by atoms with Crippen molar-refractivity contribution in [2.45, 2.75) is 57.0 Å². The number of aryl methyl sites for hydroxylation is 2. The fourth-order valence-corrected chi connectivity index (χ4v) is 3.97. The van der Waals surface area contributed by atoms with Crippen LogP contribution in [0, 0.1) is 11.3 Å². The fourth-order valence-electron chi connectivity index (χ4n) is 3.97. The van der Waals surface area contributed by atoms with Gasteiger partial charge in [-0.2, -0.15) is 10.4 Å². The number of anilines is 1. The highest BCUT2D eigenvalue weighted by molar-refractivity contribution is 5.55. The molecule has 2 aliphatic carbocycles. The van der Waals surface area contributed by atoms with Crippen molar-refractivity contribution in [1.29, 1.82) is 5.26 Å². The molecule has 1 saturated carbocycles. The van der Waals surface area contributed by atoms with Gasteiger partial charge in [-0.3, -0.25) is 4.79 Å². The van der Waals surface area contributed by atoms with Crippen molar-refractivity contribution in [3.05, 3.63) is 51.6 Å². The molecule has 6 heteroatoms. The zero-order chi connectivity index (χ0) is 17.2. The Kier molecular flexibility index (Phi) is 4.22. The molecular formula is C19H21N5O. The molecule has 1 N–H and O–H groups in total. The predicted octanol–water partition coefficient (Wildman–Crippen LogP) is 2.59. The van der Waals surface area contributed by atoms with Crippen LogP contribution in [0.25, 0.3) is 0 Å². The molecule has 128 valence electrons. The summed E-state index contributed by atoms with van der Waals surface area (Å²) in [7, 11) is 0. The second kappa shape index (κ2) is 6.67. The van der Waals surface area contributed by atoms with Gasteiger partial charge in [-0.05, 0) is 62.6 Å². The van der Waals surface area contributed by atoms with Crippen molar-refractivity contribution in [2.24, 2.45) is 0 Å². The lowest BCUT2D eigenvalue weighted by Crippen LogP contribution is -2.33. The first-order valence-corrected chi connectivity index (χ1v) is 8.98. The minimum atomic E-state index is -0.0361. The fraction of sp³-hybridized carbons (Fsp3) is 0.474. The van der Waals surface area contributed by atoms with Crippen LogP contribution >= 0.6 is 0 Å². The molecule has 2 aliphatic rings. The van der Waals surface area contributed by atoms with E-state index in [4.69, 9.17) is 4.98 Å². The SMILES string of the molecule is N#Cc1cc2c(nc1NC1CCC(n3ncccc3=O)CC1)CCC2. The van der Waals surface area contributed by atoms with Gasteiger partial charge in [0.1, 0.15) is 11.9 Å². The van der Waals surface area contributed by atoms with Gasteiger partial charge < -0.3 is 5.32 Å². The minimum Gasteiger partial charge on any atom is -0.366 e. The summed E-state index contributed by atoms with van der Waals surface area (Å²) in [4.78, 5) is 16.6. The number of fused-ring (bicyclic) bond motifs is 1. The van der Waals surface area contributed by atoms with E-state index in [-0.39, 0.29) is 17.6 Å². The van der Waals surface area contributed by atoms with E-state index in [1.807, 2.05) is 6.07 Å². The maximum Gasteiger partial charge on any atom is 0.266 e. The van der Waals surface area contributed by atoms with Crippen molar-refractivity contribution >= 4 is 5.82 Å². The molecule has 0 amide bonds. The molecule has 0 spiro atoms. The number of nitriles is 1. The monoisotopic (exact) mass is 335 g/mol. The van der Waals surface area contributed by atoms with E-state index in [0.717, 1.165) is 56.5 Å². The average molecular weight is 335 g/mol. The normalized spacial score (nSPS) is 22.2. The van der Waals surface area contributed by atoms with E-state index in [2.05, 4.69) is 16.5 Å². The smallest absolute Gasteiger partial charge is 0.266 e. The highest BCUT2D eigenvalue weighted by Crippen LogP contribution is 2.30. The number of nitrogens with zero attached hydrogens (tertiary/aromatic N) is 4. The number of nitrogens with one attached hydrogen (secondary N) is 1. The Morgan fingerprint density at radius 1 is 1.24 bits per heavy atom. The number of rotatable bonds is 3. The molecule has 1 fully saturated rings. The molecule has 6 nitrogen and oxygen atoms in total. The van der Waals surface area contributed by atoms with Gasteiger partial charge in [-0.1, -0.05) is 0 Å². The van der Waals surface area contributed by atoms with Crippen LogP contribution in [0.5, 0.6) is 0 Å². The maximum atomic E-state index is 11.9. The zero-order valence-corrected chi connectivity index (χ0v) is 14.1. The third-order valence-corrected chi connectivity index (χ3v) is 5.30. The topological polar surface area (TPSA) is 83.6 Å². The molecule has 0 aromatic carbocycles. The molecule has 4 rings (SSSR count). The van der Waals surface area contributed by atoms with Crippen LogP contribution in [0.4, 0.5) is 5.82 Å². The van der Waals surface area contributed by atoms with E-state index < -0.39 is 0 Å². The van der Waals surface area contributed by atoms with Gasteiger partial charge in [0, 0.05) is 24.0 Å². The second-order valence-electron chi connectivity index (χ2n) is 6.91. The highest BCUT2D eigenvalue weighted by atomic mass is 16.1. The Hall–Kier alpha value is -2.68. The molecule has 0 atom stereocenters. The average Bonchev–Trinajstić information content (AvgIpc) is 3.09. The number of hydrogen-bond donors (Lipinski definition) is 1. The summed E-state index contributed by atoms with van der Waals surface area (Å²) in [5.74, 6) is 0.724. The summed E-state index contributed by atoms with van der Waals surface area (Å²) in [6.45, 7) is 0. The molecule has 2 heterocycles. The standard InChI is InChI=1S/C19H21N5O/c20-12-14-11-13-3-1-4-17(13)23-19(14)22-15-6-8-16(9-7-15)24-18(25)5-2-10-21-24/h2,5,10-11,15-16H,1,3-4,6-9H2,(H,22,23). The zero-order valence-electron chi connectivity index (χ0n) is 14.1. The van der Waals surface area contributed by atoms with Gasteiger partial charge in [-0.15, -0.1) is 0 Å². The number of pyridine rings is 1. The maximum absolute atomic E-state index is 11.9. The lowest BCUT2D eigenvalue weighted by Gasteiger charge is -2.30. The van der Waals surface area contributed by atoms with Crippen LogP contribution in [0.15, 0.2) is 29.2 Å². The quantitative estimate of drug-likeness (QED) is 0.932. The van der Waals surface area contributed by atoms with Crippen LogP contribution < -0.4 is 10.9 Å². The third kappa shape index (κ3) is 3.14. The second-order valence-corrected chi connectivity index (χ2v) is 6.91. The first-order chi connectivity index (χ1) is 12.2. The summed E-state index contributed by atoms with van der Waals surface area (Å²) in [6, 6.07) is 7.96. The largest absolute Gasteiger partial charge is 0.366 e. The molecule has 0 radical (unpaired) electrons. The molecule has 25 heavy (non-hydrogen) atoms. The van der Waals surface area contributed by atoms with Gasteiger partial charge in [0.15, 0.2) is 0 Å². The molecule has 2 aromatic rings. The summed E-state index contributed by atoms with van der Waals surface area (Å²) in [6.07, 6.45) is 8.52. The van der Waals surface area contributed by atoms with E-state index in [9.17, 15) is 10.1 Å². The molecule has 0 bridgehead atoms. The Morgan fingerprint density at radius 3 is 2.84 bits per heavy atom. The van der Waals surface area contributed by atoms with Crippen molar-refractivity contribution in [3.8, 4) is 6.07 Å². The van der Waals surface area contributed by atoms with Crippen LogP contribution in [0.1, 0.15) is 55.0 Å². The molecular weight excluding hydrogens is 314 g/mol. The van der Waals surface area contributed by atoms with Crippen molar-refractivity contribution in [1.82, 2.24) is 14.8 Å². The van der Waals surface area contributed by atoms with Crippen LogP contribution in [-0.2, 0) is 12.8 Å². The first kappa shape index (κ1) is 15.8. The van der Waals surface area contributed by atoms with Crippen LogP contribution in [0.2, 0.25) is 0 Å². The van der Waals surface area contributed by atoms with Gasteiger partial charge >= 0.3 is 0 Å². The molecule has 2 aromatic heterocycles. The summed E-state index contributed by atoms with van der Waals surface area (Å²) < 4.78 is 1.60. The lowest BCUT2D eigenvalue weighted by atomic mass is 9.91. The van der Waals surface area contributed by atoms with E-state index >= 15 is 0 Å². The van der Waals surface area contributed by atoms with Crippen molar-refractivity contribution in [2.75, 3.05) is 5.32 Å². The Morgan fingerprint density at radius 2 is 2.08 bits per heavy atom. The highest BCUT2D eigenvalue weighted by Gasteiger charge is 2.25. The molecule has 0 aliphatic heterocycles. The first-order valence-electron chi connectivity index (χ1n) is 8.98. The lowest BCUT2D eigenvalue weighted by molar-refractivity contribution is 0.303.